The minimum atomic E-state index is -0.337. The van der Waals surface area contributed by atoms with Gasteiger partial charge >= 0.3 is 0 Å². The second kappa shape index (κ2) is 8.28. The number of aryl methyl sites for hydroxylation is 1. The van der Waals surface area contributed by atoms with Gasteiger partial charge in [0.15, 0.2) is 10.9 Å². The maximum Gasteiger partial charge on any atom is 0.239 e. The quantitative estimate of drug-likeness (QED) is 0.465. The second-order valence-corrected chi connectivity index (χ2v) is 7.66. The van der Waals surface area contributed by atoms with Crippen LogP contribution in [0.5, 0.6) is 0 Å². The number of amides is 1. The fraction of sp³-hybridized carbons (Fsp3) is 0.312. The molecule has 0 aliphatic heterocycles. The van der Waals surface area contributed by atoms with Crippen molar-refractivity contribution in [1.29, 1.82) is 0 Å². The lowest BCUT2D eigenvalue weighted by Crippen LogP contribution is -2.25. The molecule has 1 atom stereocenters. The molecular weight excluding hydrogens is 372 g/mol. The van der Waals surface area contributed by atoms with E-state index >= 15 is 0 Å². The number of anilines is 1. The smallest absolute Gasteiger partial charge is 0.239 e. The van der Waals surface area contributed by atoms with E-state index in [1.807, 2.05) is 24.5 Å². The Morgan fingerprint density at radius 1 is 1.46 bits per heavy atom. The molecule has 0 saturated heterocycles. The molecule has 0 bridgehead atoms. The summed E-state index contributed by atoms with van der Waals surface area (Å²) in [6, 6.07) is 3.61. The third-order valence-electron chi connectivity index (χ3n) is 3.44. The van der Waals surface area contributed by atoms with E-state index in [0.717, 1.165) is 5.01 Å². The summed E-state index contributed by atoms with van der Waals surface area (Å²) in [7, 11) is 0. The Morgan fingerprint density at radius 2 is 2.31 bits per heavy atom. The van der Waals surface area contributed by atoms with Gasteiger partial charge in [0.1, 0.15) is 5.01 Å². The Balaban J connectivity index is 1.79. The number of nitrogens with zero attached hydrogens (tertiary/aromatic N) is 5. The lowest BCUT2D eigenvalue weighted by atomic mass is 10.3. The van der Waals surface area contributed by atoms with Gasteiger partial charge in [-0.05, 0) is 25.5 Å². The third kappa shape index (κ3) is 4.02. The van der Waals surface area contributed by atoms with Crippen LogP contribution >= 0.6 is 23.1 Å². The summed E-state index contributed by atoms with van der Waals surface area (Å²) in [6.45, 7) is 8.08. The van der Waals surface area contributed by atoms with Gasteiger partial charge in [-0.2, -0.15) is 0 Å². The summed E-state index contributed by atoms with van der Waals surface area (Å²) in [4.78, 5) is 12.6. The van der Waals surface area contributed by atoms with Gasteiger partial charge in [-0.3, -0.25) is 14.7 Å². The molecule has 3 aromatic heterocycles. The zero-order valence-corrected chi connectivity index (χ0v) is 16.0. The van der Waals surface area contributed by atoms with Gasteiger partial charge in [0.05, 0.1) is 11.5 Å². The van der Waals surface area contributed by atoms with Crippen molar-refractivity contribution in [1.82, 2.24) is 25.0 Å². The molecule has 0 aliphatic carbocycles. The van der Waals surface area contributed by atoms with Crippen LogP contribution in [-0.2, 0) is 11.3 Å². The highest BCUT2D eigenvalue weighted by atomic mass is 32.2. The number of carbonyl (C=O) groups excluding carboxylic acids is 1. The number of carbonyl (C=O) groups is 1. The SMILES string of the molecule is C=CCn1c(S[C@H](CC)C(=O)Nc2nnc(C)s2)nnc1-c1ccco1. The van der Waals surface area contributed by atoms with Crippen LogP contribution in [0.2, 0.25) is 0 Å². The van der Waals surface area contributed by atoms with Gasteiger partial charge in [-0.15, -0.1) is 27.0 Å². The molecule has 1 N–H and O–H groups in total. The molecule has 26 heavy (non-hydrogen) atoms. The topological polar surface area (TPSA) is 98.7 Å². The van der Waals surface area contributed by atoms with Crippen molar-refractivity contribution in [2.75, 3.05) is 5.32 Å². The van der Waals surface area contributed by atoms with Crippen LogP contribution < -0.4 is 5.32 Å². The van der Waals surface area contributed by atoms with Crippen LogP contribution in [0, 0.1) is 6.92 Å². The molecule has 0 aliphatic rings. The van der Waals surface area contributed by atoms with Gasteiger partial charge < -0.3 is 4.42 Å². The van der Waals surface area contributed by atoms with Crippen LogP contribution in [0.3, 0.4) is 0 Å². The average Bonchev–Trinajstić information content (AvgIpc) is 3.35. The molecule has 3 heterocycles. The number of thioether (sulfide) groups is 1. The molecule has 8 nitrogen and oxygen atoms in total. The van der Waals surface area contributed by atoms with E-state index in [1.54, 1.807) is 18.4 Å². The number of allylic oxidation sites excluding steroid dienone is 1. The fourth-order valence-corrected chi connectivity index (χ4v) is 3.80. The van der Waals surface area contributed by atoms with Gasteiger partial charge in [0, 0.05) is 6.54 Å². The Labute approximate surface area is 158 Å². The van der Waals surface area contributed by atoms with Crippen molar-refractivity contribution >= 4 is 34.1 Å². The third-order valence-corrected chi connectivity index (χ3v) is 5.54. The van der Waals surface area contributed by atoms with Crippen LogP contribution in [-0.4, -0.2) is 36.1 Å². The van der Waals surface area contributed by atoms with E-state index in [4.69, 9.17) is 4.42 Å². The normalized spacial score (nSPS) is 12.1. The van der Waals surface area contributed by atoms with Gasteiger partial charge in [0.25, 0.3) is 0 Å². The molecule has 0 aromatic carbocycles. The van der Waals surface area contributed by atoms with E-state index in [0.29, 0.717) is 34.8 Å². The standard InChI is InChI=1S/C16H18N6O2S2/c1-4-8-22-13(11-7-6-9-24-11)19-21-16(22)26-12(5-2)14(23)17-15-20-18-10(3)25-15/h4,6-7,9,12H,1,5,8H2,2-3H3,(H,17,20,23)/t12-/m1/s1. The Kier molecular flexibility index (Phi) is 5.84. The van der Waals surface area contributed by atoms with Gasteiger partial charge in [-0.1, -0.05) is 36.1 Å². The van der Waals surface area contributed by atoms with Crippen molar-refractivity contribution < 1.29 is 9.21 Å². The van der Waals surface area contributed by atoms with Crippen molar-refractivity contribution in [3.63, 3.8) is 0 Å². The molecule has 3 rings (SSSR count). The number of rotatable bonds is 8. The first-order valence-electron chi connectivity index (χ1n) is 7.98. The second-order valence-electron chi connectivity index (χ2n) is 5.31. The lowest BCUT2D eigenvalue weighted by molar-refractivity contribution is -0.115. The Hall–Kier alpha value is -2.46. The highest BCUT2D eigenvalue weighted by Crippen LogP contribution is 2.29. The van der Waals surface area contributed by atoms with Crippen LogP contribution in [0.4, 0.5) is 5.13 Å². The largest absolute Gasteiger partial charge is 0.461 e. The van der Waals surface area contributed by atoms with Crippen molar-refractivity contribution in [3.05, 3.63) is 36.1 Å². The highest BCUT2D eigenvalue weighted by Gasteiger charge is 2.24. The summed E-state index contributed by atoms with van der Waals surface area (Å²) >= 11 is 2.69. The number of hydrogen-bond donors (Lipinski definition) is 1. The molecule has 1 amide bonds. The molecule has 136 valence electrons. The monoisotopic (exact) mass is 390 g/mol. The molecule has 0 spiro atoms. The molecule has 0 fully saturated rings. The number of nitrogens with one attached hydrogen (secondary N) is 1. The Morgan fingerprint density at radius 3 is 2.92 bits per heavy atom. The van der Waals surface area contributed by atoms with Crippen LogP contribution in [0.25, 0.3) is 11.6 Å². The van der Waals surface area contributed by atoms with Crippen molar-refractivity contribution in [3.8, 4) is 11.6 Å². The molecule has 10 heteroatoms. The zero-order chi connectivity index (χ0) is 18.5. The number of furan rings is 1. The summed E-state index contributed by atoms with van der Waals surface area (Å²) in [5.74, 6) is 1.08. The molecule has 3 aromatic rings. The molecule has 0 unspecified atom stereocenters. The van der Waals surface area contributed by atoms with Crippen molar-refractivity contribution in [2.24, 2.45) is 0 Å². The summed E-state index contributed by atoms with van der Waals surface area (Å²) in [5, 5.41) is 20.7. The molecular formula is C16H18N6O2S2. The Bertz CT molecular complexity index is 887. The van der Waals surface area contributed by atoms with Gasteiger partial charge in [-0.25, -0.2) is 0 Å². The van der Waals surface area contributed by atoms with E-state index in [2.05, 4.69) is 32.3 Å². The van der Waals surface area contributed by atoms with Gasteiger partial charge in [0.2, 0.25) is 16.9 Å². The van der Waals surface area contributed by atoms with Crippen molar-refractivity contribution in [2.45, 2.75) is 37.2 Å². The van der Waals surface area contributed by atoms with E-state index in [9.17, 15) is 4.79 Å². The van der Waals surface area contributed by atoms with E-state index in [1.165, 1.54) is 23.1 Å². The van der Waals surface area contributed by atoms with E-state index in [-0.39, 0.29) is 11.2 Å². The first-order valence-corrected chi connectivity index (χ1v) is 9.67. The minimum Gasteiger partial charge on any atom is -0.461 e. The maximum atomic E-state index is 12.6. The molecule has 0 saturated carbocycles. The van der Waals surface area contributed by atoms with E-state index < -0.39 is 0 Å². The zero-order valence-electron chi connectivity index (χ0n) is 14.4. The summed E-state index contributed by atoms with van der Waals surface area (Å²) < 4.78 is 7.30. The first kappa shape index (κ1) is 18.3. The van der Waals surface area contributed by atoms with Crippen LogP contribution in [0.1, 0.15) is 18.4 Å². The number of aromatic nitrogens is 5. The lowest BCUT2D eigenvalue weighted by Gasteiger charge is -2.13. The first-order chi connectivity index (χ1) is 12.6. The molecule has 0 radical (unpaired) electrons. The minimum absolute atomic E-state index is 0.138. The number of hydrogen-bond acceptors (Lipinski definition) is 8. The predicted octanol–water partition coefficient (Wildman–Crippen LogP) is 3.39. The predicted molar refractivity (Wildman–Crippen MR) is 101 cm³/mol. The highest BCUT2D eigenvalue weighted by molar-refractivity contribution is 8.00. The maximum absolute atomic E-state index is 12.6. The summed E-state index contributed by atoms with van der Waals surface area (Å²) in [5.41, 5.74) is 0. The average molecular weight is 390 g/mol. The fourth-order valence-electron chi connectivity index (χ4n) is 2.24. The van der Waals surface area contributed by atoms with Crippen LogP contribution in [0.15, 0.2) is 40.6 Å². The summed E-state index contributed by atoms with van der Waals surface area (Å²) in [6.07, 6.45) is 3.97.